The molecule has 3 rings (SSSR count). The highest BCUT2D eigenvalue weighted by molar-refractivity contribution is 5.98. The zero-order valence-corrected chi connectivity index (χ0v) is 17.4. The van der Waals surface area contributed by atoms with E-state index in [1.54, 1.807) is 41.1 Å². The number of benzene rings is 1. The standard InChI is InChI=1S/C22H29N3O5/c1-24(17-6-3-2-4-7-17)20(27)15-30-21(28)14-23-22(29)16-9-11-18(12-10-16)25-13-5-8-19(25)26/h9-12,17H,2-8,13-15H2,1H3,(H,23,29). The second kappa shape index (κ2) is 10.2. The molecule has 0 bridgehead atoms. The van der Waals surface area contributed by atoms with Crippen LogP contribution in [0.3, 0.4) is 0 Å². The van der Waals surface area contributed by atoms with Gasteiger partial charge in [-0.1, -0.05) is 19.3 Å². The summed E-state index contributed by atoms with van der Waals surface area (Å²) in [5.41, 5.74) is 1.14. The van der Waals surface area contributed by atoms with Crippen molar-refractivity contribution in [2.75, 3.05) is 31.6 Å². The Morgan fingerprint density at radius 3 is 2.43 bits per heavy atom. The van der Waals surface area contributed by atoms with Crippen LogP contribution >= 0.6 is 0 Å². The lowest BCUT2D eigenvalue weighted by Gasteiger charge is -2.31. The third-order valence-corrected chi connectivity index (χ3v) is 5.78. The van der Waals surface area contributed by atoms with E-state index in [-0.39, 0.29) is 31.0 Å². The fraction of sp³-hybridized carbons (Fsp3) is 0.545. The highest BCUT2D eigenvalue weighted by Gasteiger charge is 2.23. The number of carbonyl (C=O) groups is 4. The van der Waals surface area contributed by atoms with Gasteiger partial charge in [0.05, 0.1) is 0 Å². The molecular weight excluding hydrogens is 386 g/mol. The van der Waals surface area contributed by atoms with Crippen LogP contribution in [0.25, 0.3) is 0 Å². The molecule has 2 aliphatic rings. The number of rotatable bonds is 7. The maximum absolute atomic E-state index is 12.2. The van der Waals surface area contributed by atoms with Crippen molar-refractivity contribution in [1.29, 1.82) is 0 Å². The molecule has 1 aliphatic heterocycles. The Bertz CT molecular complexity index is 786. The van der Waals surface area contributed by atoms with Crippen molar-refractivity contribution in [2.24, 2.45) is 0 Å². The Hall–Kier alpha value is -2.90. The molecule has 8 heteroatoms. The Kier molecular flexibility index (Phi) is 7.43. The second-order valence-corrected chi connectivity index (χ2v) is 7.84. The summed E-state index contributed by atoms with van der Waals surface area (Å²) in [6.07, 6.45) is 6.78. The van der Waals surface area contributed by atoms with Gasteiger partial charge in [0.2, 0.25) is 5.91 Å². The molecule has 1 aliphatic carbocycles. The first-order valence-electron chi connectivity index (χ1n) is 10.6. The minimum Gasteiger partial charge on any atom is -0.454 e. The van der Waals surface area contributed by atoms with E-state index in [0.717, 1.165) is 37.8 Å². The van der Waals surface area contributed by atoms with Crippen molar-refractivity contribution < 1.29 is 23.9 Å². The molecule has 1 aromatic carbocycles. The molecule has 1 aromatic rings. The lowest BCUT2D eigenvalue weighted by Crippen LogP contribution is -2.41. The van der Waals surface area contributed by atoms with Crippen LogP contribution in [0.5, 0.6) is 0 Å². The molecule has 0 unspecified atom stereocenters. The Morgan fingerprint density at radius 2 is 1.80 bits per heavy atom. The van der Waals surface area contributed by atoms with Crippen molar-refractivity contribution in [3.05, 3.63) is 29.8 Å². The van der Waals surface area contributed by atoms with Crippen LogP contribution in [0.1, 0.15) is 55.3 Å². The van der Waals surface area contributed by atoms with Crippen LogP contribution in [-0.4, -0.2) is 61.4 Å². The molecule has 1 saturated heterocycles. The van der Waals surface area contributed by atoms with Gasteiger partial charge in [-0.3, -0.25) is 19.2 Å². The largest absolute Gasteiger partial charge is 0.454 e. The number of nitrogens with zero attached hydrogens (tertiary/aromatic N) is 2. The van der Waals surface area contributed by atoms with Gasteiger partial charge in [0.1, 0.15) is 6.54 Å². The smallest absolute Gasteiger partial charge is 0.325 e. The maximum Gasteiger partial charge on any atom is 0.325 e. The van der Waals surface area contributed by atoms with Crippen LogP contribution in [0.2, 0.25) is 0 Å². The number of hydrogen-bond donors (Lipinski definition) is 1. The summed E-state index contributed by atoms with van der Waals surface area (Å²) in [5.74, 6) is -1.22. The summed E-state index contributed by atoms with van der Waals surface area (Å²) < 4.78 is 5.01. The molecule has 162 valence electrons. The molecule has 0 atom stereocenters. The van der Waals surface area contributed by atoms with Crippen molar-refractivity contribution in [3.63, 3.8) is 0 Å². The number of nitrogens with one attached hydrogen (secondary N) is 1. The van der Waals surface area contributed by atoms with Gasteiger partial charge in [-0.25, -0.2) is 0 Å². The van der Waals surface area contributed by atoms with Crippen LogP contribution in [0.4, 0.5) is 5.69 Å². The van der Waals surface area contributed by atoms with Crippen LogP contribution < -0.4 is 10.2 Å². The summed E-state index contributed by atoms with van der Waals surface area (Å²) in [7, 11) is 1.74. The average molecular weight is 415 g/mol. The van der Waals surface area contributed by atoms with Gasteiger partial charge in [0.25, 0.3) is 11.8 Å². The number of esters is 1. The van der Waals surface area contributed by atoms with E-state index in [0.29, 0.717) is 18.5 Å². The fourth-order valence-corrected chi connectivity index (χ4v) is 3.94. The van der Waals surface area contributed by atoms with Crippen LogP contribution in [0.15, 0.2) is 24.3 Å². The normalized spacial score (nSPS) is 17.0. The first-order valence-corrected chi connectivity index (χ1v) is 10.6. The number of likely N-dealkylation sites (N-methyl/N-ethyl adjacent to an activating group) is 1. The molecule has 2 fully saturated rings. The Balaban J connectivity index is 1.40. The summed E-state index contributed by atoms with van der Waals surface area (Å²) in [6, 6.07) is 6.88. The quantitative estimate of drug-likeness (QED) is 0.686. The lowest BCUT2D eigenvalue weighted by molar-refractivity contribution is -0.151. The van der Waals surface area contributed by atoms with E-state index in [4.69, 9.17) is 4.74 Å². The van der Waals surface area contributed by atoms with Gasteiger partial charge in [-0.2, -0.15) is 0 Å². The highest BCUT2D eigenvalue weighted by Crippen LogP contribution is 2.22. The zero-order valence-electron chi connectivity index (χ0n) is 17.4. The van der Waals surface area contributed by atoms with Gasteiger partial charge in [-0.05, 0) is 43.5 Å². The van der Waals surface area contributed by atoms with Crippen molar-refractivity contribution in [1.82, 2.24) is 10.2 Å². The van der Waals surface area contributed by atoms with Crippen molar-refractivity contribution >= 4 is 29.4 Å². The molecule has 0 aromatic heterocycles. The molecule has 0 radical (unpaired) electrons. The summed E-state index contributed by atoms with van der Waals surface area (Å²) >= 11 is 0. The number of hydrogen-bond acceptors (Lipinski definition) is 5. The first kappa shape index (κ1) is 21.8. The van der Waals surface area contributed by atoms with E-state index in [2.05, 4.69) is 5.32 Å². The van der Waals surface area contributed by atoms with Crippen molar-refractivity contribution in [3.8, 4) is 0 Å². The number of anilines is 1. The Labute approximate surface area is 176 Å². The molecule has 1 N–H and O–H groups in total. The predicted octanol–water partition coefficient (Wildman–Crippen LogP) is 1.88. The Morgan fingerprint density at radius 1 is 1.10 bits per heavy atom. The van der Waals surface area contributed by atoms with Gasteiger partial charge in [-0.15, -0.1) is 0 Å². The van der Waals surface area contributed by atoms with E-state index in [1.165, 1.54) is 6.42 Å². The molecule has 1 heterocycles. The van der Waals surface area contributed by atoms with Crippen LogP contribution in [-0.2, 0) is 19.1 Å². The average Bonchev–Trinajstić information content (AvgIpc) is 3.21. The van der Waals surface area contributed by atoms with Gasteiger partial charge in [0.15, 0.2) is 6.61 Å². The third kappa shape index (κ3) is 5.58. The highest BCUT2D eigenvalue weighted by atomic mass is 16.5. The monoisotopic (exact) mass is 415 g/mol. The molecular formula is C22H29N3O5. The molecule has 1 saturated carbocycles. The van der Waals surface area contributed by atoms with E-state index in [1.807, 2.05) is 0 Å². The van der Waals surface area contributed by atoms with E-state index < -0.39 is 11.9 Å². The fourth-order valence-electron chi connectivity index (χ4n) is 3.94. The van der Waals surface area contributed by atoms with E-state index >= 15 is 0 Å². The predicted molar refractivity (Wildman–Crippen MR) is 111 cm³/mol. The maximum atomic E-state index is 12.2. The topological polar surface area (TPSA) is 96.0 Å². The molecule has 8 nitrogen and oxygen atoms in total. The molecule has 3 amide bonds. The summed E-state index contributed by atoms with van der Waals surface area (Å²) in [6.45, 7) is 0.0523. The van der Waals surface area contributed by atoms with Gasteiger partial charge >= 0.3 is 5.97 Å². The minimum absolute atomic E-state index is 0.0821. The molecule has 0 spiro atoms. The SMILES string of the molecule is CN(C(=O)COC(=O)CNC(=O)c1ccc(N2CCCC2=O)cc1)C1CCCCC1. The third-order valence-electron chi connectivity index (χ3n) is 5.78. The lowest BCUT2D eigenvalue weighted by atomic mass is 9.94. The van der Waals surface area contributed by atoms with Crippen LogP contribution in [0, 0.1) is 0 Å². The number of amides is 3. The van der Waals surface area contributed by atoms with Gasteiger partial charge in [0, 0.05) is 37.3 Å². The number of ether oxygens (including phenoxy) is 1. The summed E-state index contributed by atoms with van der Waals surface area (Å²) in [5, 5.41) is 2.49. The van der Waals surface area contributed by atoms with Crippen molar-refractivity contribution in [2.45, 2.75) is 51.0 Å². The van der Waals surface area contributed by atoms with Gasteiger partial charge < -0.3 is 19.9 Å². The van der Waals surface area contributed by atoms with E-state index in [9.17, 15) is 19.2 Å². The number of carbonyl (C=O) groups excluding carboxylic acids is 4. The molecule has 30 heavy (non-hydrogen) atoms. The first-order chi connectivity index (χ1) is 14.5. The summed E-state index contributed by atoms with van der Waals surface area (Å²) in [4.78, 5) is 51.5. The zero-order chi connectivity index (χ0) is 21.5. The minimum atomic E-state index is -0.659. The second-order valence-electron chi connectivity index (χ2n) is 7.84.